The van der Waals surface area contributed by atoms with Crippen LogP contribution in [0.5, 0.6) is 0 Å². The van der Waals surface area contributed by atoms with Crippen molar-refractivity contribution in [3.8, 4) is 0 Å². The number of amides is 1. The van der Waals surface area contributed by atoms with E-state index in [-0.39, 0.29) is 12.1 Å². The normalized spacial score (nSPS) is 21.2. The molecule has 3 heterocycles. The first-order valence-corrected chi connectivity index (χ1v) is 9.46. The van der Waals surface area contributed by atoms with Gasteiger partial charge in [-0.05, 0) is 61.9 Å². The van der Waals surface area contributed by atoms with Crippen LogP contribution in [0.3, 0.4) is 0 Å². The van der Waals surface area contributed by atoms with E-state index < -0.39 is 5.60 Å². The van der Waals surface area contributed by atoms with Crippen LogP contribution in [-0.2, 0) is 4.74 Å². The zero-order valence-electron chi connectivity index (χ0n) is 14.9. The molecule has 1 amide bonds. The fourth-order valence-electron chi connectivity index (χ4n) is 3.59. The zero-order chi connectivity index (χ0) is 18.2. The van der Waals surface area contributed by atoms with E-state index in [1.165, 1.54) is 0 Å². The standard InChI is InChI=1S/C17H24BrN5O2/c1-17(2,3)25-16(24)22-9-6-11(7-10-22)12-5-8-20-15-13(19-4)14(18)21-23(12)15/h11-12,20H,5-10H2,1-3H3. The van der Waals surface area contributed by atoms with E-state index >= 15 is 0 Å². The molecule has 1 aromatic heterocycles. The predicted octanol–water partition coefficient (Wildman–Crippen LogP) is 4.20. The number of nitrogens with one attached hydrogen (secondary N) is 1. The Morgan fingerprint density at radius 3 is 2.64 bits per heavy atom. The summed E-state index contributed by atoms with van der Waals surface area (Å²) in [6.45, 7) is 15.3. The minimum absolute atomic E-state index is 0.228. The molecule has 0 spiro atoms. The average Bonchev–Trinajstić information content (AvgIpc) is 2.88. The summed E-state index contributed by atoms with van der Waals surface area (Å²) in [5.74, 6) is 1.26. The maximum absolute atomic E-state index is 12.2. The van der Waals surface area contributed by atoms with Crippen LogP contribution in [0.15, 0.2) is 4.60 Å². The Morgan fingerprint density at radius 2 is 2.04 bits per heavy atom. The Hall–Kier alpha value is -1.75. The number of nitrogens with zero attached hydrogens (tertiary/aromatic N) is 4. The number of likely N-dealkylation sites (tertiary alicyclic amines) is 1. The van der Waals surface area contributed by atoms with Gasteiger partial charge in [-0.25, -0.2) is 9.64 Å². The quantitative estimate of drug-likeness (QED) is 0.705. The van der Waals surface area contributed by atoms with Crippen molar-refractivity contribution in [2.75, 3.05) is 25.0 Å². The van der Waals surface area contributed by atoms with Gasteiger partial charge in [0, 0.05) is 19.6 Å². The van der Waals surface area contributed by atoms with Gasteiger partial charge in [-0.1, -0.05) is 0 Å². The number of rotatable bonds is 1. The van der Waals surface area contributed by atoms with Crippen LogP contribution in [0, 0.1) is 12.5 Å². The van der Waals surface area contributed by atoms with Gasteiger partial charge < -0.3 is 15.0 Å². The number of ether oxygens (including phenoxy) is 1. The molecule has 0 bridgehead atoms. The summed E-state index contributed by atoms with van der Waals surface area (Å²) < 4.78 is 8.03. The lowest BCUT2D eigenvalue weighted by atomic mass is 9.87. The summed E-state index contributed by atoms with van der Waals surface area (Å²) in [4.78, 5) is 17.6. The van der Waals surface area contributed by atoms with Gasteiger partial charge >= 0.3 is 6.09 Å². The highest BCUT2D eigenvalue weighted by molar-refractivity contribution is 9.10. The van der Waals surface area contributed by atoms with Crippen molar-refractivity contribution in [3.63, 3.8) is 0 Å². The van der Waals surface area contributed by atoms with Gasteiger partial charge in [-0.2, -0.15) is 5.10 Å². The van der Waals surface area contributed by atoms with Crippen molar-refractivity contribution in [3.05, 3.63) is 16.0 Å². The summed E-state index contributed by atoms with van der Waals surface area (Å²) in [5.41, 5.74) is 0.0888. The monoisotopic (exact) mass is 409 g/mol. The van der Waals surface area contributed by atoms with Crippen molar-refractivity contribution in [2.45, 2.75) is 51.7 Å². The minimum atomic E-state index is -0.463. The topological polar surface area (TPSA) is 63.8 Å². The van der Waals surface area contributed by atoms with Crippen molar-refractivity contribution in [1.29, 1.82) is 0 Å². The van der Waals surface area contributed by atoms with Crippen LogP contribution in [0.1, 0.15) is 46.1 Å². The van der Waals surface area contributed by atoms with E-state index in [1.807, 2.05) is 25.5 Å². The number of piperidine rings is 1. The van der Waals surface area contributed by atoms with Gasteiger partial charge in [0.1, 0.15) is 16.0 Å². The van der Waals surface area contributed by atoms with Crippen LogP contribution in [-0.4, -0.2) is 46.0 Å². The molecule has 25 heavy (non-hydrogen) atoms. The fourth-order valence-corrected chi connectivity index (χ4v) is 4.04. The molecule has 0 radical (unpaired) electrons. The van der Waals surface area contributed by atoms with Crippen LogP contribution >= 0.6 is 15.9 Å². The van der Waals surface area contributed by atoms with Crippen molar-refractivity contribution in [2.24, 2.45) is 5.92 Å². The number of anilines is 1. The number of carbonyl (C=O) groups excluding carboxylic acids is 1. The van der Waals surface area contributed by atoms with Crippen LogP contribution in [0.2, 0.25) is 0 Å². The molecule has 0 aliphatic carbocycles. The number of halogens is 1. The van der Waals surface area contributed by atoms with E-state index in [4.69, 9.17) is 11.3 Å². The Bertz CT molecular complexity index is 695. The molecule has 1 saturated heterocycles. The first-order valence-electron chi connectivity index (χ1n) is 8.67. The highest BCUT2D eigenvalue weighted by Crippen LogP contribution is 2.42. The Balaban J connectivity index is 1.67. The highest BCUT2D eigenvalue weighted by atomic mass is 79.9. The number of hydrogen-bond acceptors (Lipinski definition) is 4. The molecular weight excluding hydrogens is 386 g/mol. The molecule has 1 aromatic rings. The maximum Gasteiger partial charge on any atom is 0.410 e. The molecular formula is C17H24BrN5O2. The van der Waals surface area contributed by atoms with Gasteiger partial charge in [-0.15, -0.1) is 0 Å². The molecule has 1 fully saturated rings. The van der Waals surface area contributed by atoms with E-state index in [0.717, 1.165) is 31.6 Å². The van der Waals surface area contributed by atoms with Crippen molar-refractivity contribution >= 4 is 33.5 Å². The Labute approximate surface area is 156 Å². The Kier molecular flexibility index (Phi) is 4.96. The first kappa shape index (κ1) is 18.1. The third-order valence-corrected chi connectivity index (χ3v) is 5.27. The van der Waals surface area contributed by atoms with E-state index in [9.17, 15) is 4.79 Å². The second kappa shape index (κ2) is 6.87. The summed E-state index contributed by atoms with van der Waals surface area (Å²) in [6.07, 6.45) is 2.60. The summed E-state index contributed by atoms with van der Waals surface area (Å²) >= 11 is 3.39. The molecule has 136 valence electrons. The van der Waals surface area contributed by atoms with Gasteiger partial charge in [0.15, 0.2) is 0 Å². The number of fused-ring (bicyclic) bond motifs is 1. The molecule has 1 unspecified atom stereocenters. The molecule has 0 saturated carbocycles. The third-order valence-electron chi connectivity index (χ3n) is 4.74. The van der Waals surface area contributed by atoms with Crippen molar-refractivity contribution in [1.82, 2.24) is 14.7 Å². The largest absolute Gasteiger partial charge is 0.444 e. The summed E-state index contributed by atoms with van der Waals surface area (Å²) in [6, 6.07) is 0.267. The van der Waals surface area contributed by atoms with Gasteiger partial charge in [-0.3, -0.25) is 4.68 Å². The second-order valence-corrected chi connectivity index (χ2v) is 8.38. The lowest BCUT2D eigenvalue weighted by Crippen LogP contribution is -2.43. The highest BCUT2D eigenvalue weighted by Gasteiger charge is 2.35. The molecule has 3 rings (SSSR count). The first-order chi connectivity index (χ1) is 11.8. The predicted molar refractivity (Wildman–Crippen MR) is 98.9 cm³/mol. The van der Waals surface area contributed by atoms with E-state index in [0.29, 0.717) is 29.3 Å². The molecule has 7 nitrogen and oxygen atoms in total. The maximum atomic E-state index is 12.2. The van der Waals surface area contributed by atoms with Gasteiger partial charge in [0.25, 0.3) is 5.69 Å². The van der Waals surface area contributed by atoms with Gasteiger partial charge in [0.05, 0.1) is 12.6 Å². The van der Waals surface area contributed by atoms with Crippen LogP contribution < -0.4 is 5.32 Å². The van der Waals surface area contributed by atoms with Crippen LogP contribution in [0.25, 0.3) is 4.85 Å². The summed E-state index contributed by atoms with van der Waals surface area (Å²) in [7, 11) is 0. The van der Waals surface area contributed by atoms with E-state index in [2.05, 4.69) is 31.2 Å². The molecule has 2 aliphatic heterocycles. The smallest absolute Gasteiger partial charge is 0.410 e. The van der Waals surface area contributed by atoms with Crippen LogP contribution in [0.4, 0.5) is 16.3 Å². The lowest BCUT2D eigenvalue weighted by molar-refractivity contribution is 0.0157. The molecule has 0 aromatic carbocycles. The molecule has 1 N–H and O–H groups in total. The van der Waals surface area contributed by atoms with Crippen molar-refractivity contribution < 1.29 is 9.53 Å². The number of carbonyl (C=O) groups is 1. The molecule has 8 heteroatoms. The SMILES string of the molecule is [C-]#[N+]c1c(Br)nn2c1NCCC2C1CCN(C(=O)OC(C)(C)C)CC1. The lowest BCUT2D eigenvalue weighted by Gasteiger charge is -2.38. The second-order valence-electron chi connectivity index (χ2n) is 7.63. The average molecular weight is 410 g/mol. The fraction of sp³-hybridized carbons (Fsp3) is 0.706. The molecule has 1 atom stereocenters. The van der Waals surface area contributed by atoms with Gasteiger partial charge in [0.2, 0.25) is 0 Å². The number of hydrogen-bond donors (Lipinski definition) is 1. The third kappa shape index (κ3) is 3.76. The number of aromatic nitrogens is 2. The Morgan fingerprint density at radius 1 is 1.36 bits per heavy atom. The summed E-state index contributed by atoms with van der Waals surface area (Å²) in [5, 5.41) is 7.83. The minimum Gasteiger partial charge on any atom is -0.444 e. The van der Waals surface area contributed by atoms with E-state index in [1.54, 1.807) is 4.90 Å². The zero-order valence-corrected chi connectivity index (χ0v) is 16.5. The molecule has 2 aliphatic rings.